The SMILES string of the molecule is CC[C@@H](C)c1ccccc1Oc1nc2ccccc2nc1N1CCCC1. The lowest BCUT2D eigenvalue weighted by atomic mass is 9.98. The number of rotatable bonds is 5. The van der Waals surface area contributed by atoms with Crippen molar-refractivity contribution in [3.8, 4) is 11.6 Å². The maximum atomic E-state index is 6.37. The van der Waals surface area contributed by atoms with Crippen molar-refractivity contribution in [2.24, 2.45) is 0 Å². The number of nitrogens with zero attached hydrogens (tertiary/aromatic N) is 3. The van der Waals surface area contributed by atoms with Crippen molar-refractivity contribution in [3.05, 3.63) is 54.1 Å². The van der Waals surface area contributed by atoms with Gasteiger partial charge in [-0.15, -0.1) is 0 Å². The number of hydrogen-bond donors (Lipinski definition) is 0. The van der Waals surface area contributed by atoms with E-state index < -0.39 is 0 Å². The van der Waals surface area contributed by atoms with E-state index in [1.807, 2.05) is 36.4 Å². The van der Waals surface area contributed by atoms with Gasteiger partial charge < -0.3 is 9.64 Å². The first-order valence-electron chi connectivity index (χ1n) is 9.54. The molecular formula is C22H25N3O. The molecule has 0 saturated carbocycles. The van der Waals surface area contributed by atoms with Gasteiger partial charge >= 0.3 is 0 Å². The van der Waals surface area contributed by atoms with E-state index in [9.17, 15) is 0 Å². The van der Waals surface area contributed by atoms with Crippen LogP contribution in [-0.2, 0) is 0 Å². The van der Waals surface area contributed by atoms with Crippen LogP contribution >= 0.6 is 0 Å². The van der Waals surface area contributed by atoms with Crippen LogP contribution in [0, 0.1) is 0 Å². The highest BCUT2D eigenvalue weighted by molar-refractivity contribution is 5.77. The predicted molar refractivity (Wildman–Crippen MR) is 106 cm³/mol. The maximum Gasteiger partial charge on any atom is 0.263 e. The van der Waals surface area contributed by atoms with Crippen molar-refractivity contribution in [2.45, 2.75) is 39.0 Å². The van der Waals surface area contributed by atoms with Crippen LogP contribution in [0.1, 0.15) is 44.6 Å². The van der Waals surface area contributed by atoms with Crippen LogP contribution in [0.25, 0.3) is 11.0 Å². The van der Waals surface area contributed by atoms with Gasteiger partial charge in [-0.2, -0.15) is 0 Å². The number of aromatic nitrogens is 2. The van der Waals surface area contributed by atoms with Crippen molar-refractivity contribution in [2.75, 3.05) is 18.0 Å². The van der Waals surface area contributed by atoms with Crippen molar-refractivity contribution in [1.82, 2.24) is 9.97 Å². The second-order valence-corrected chi connectivity index (χ2v) is 6.98. The molecule has 1 atom stereocenters. The van der Waals surface area contributed by atoms with E-state index in [0.717, 1.165) is 42.1 Å². The summed E-state index contributed by atoms with van der Waals surface area (Å²) in [5.41, 5.74) is 3.00. The molecule has 4 heteroatoms. The van der Waals surface area contributed by atoms with Crippen LogP contribution in [0.15, 0.2) is 48.5 Å². The number of fused-ring (bicyclic) bond motifs is 1. The van der Waals surface area contributed by atoms with Crippen molar-refractivity contribution < 1.29 is 4.74 Å². The second-order valence-electron chi connectivity index (χ2n) is 6.98. The van der Waals surface area contributed by atoms with E-state index >= 15 is 0 Å². The van der Waals surface area contributed by atoms with Crippen LogP contribution < -0.4 is 9.64 Å². The minimum Gasteiger partial charge on any atom is -0.436 e. The van der Waals surface area contributed by atoms with Gasteiger partial charge in [0.1, 0.15) is 5.75 Å². The second kappa shape index (κ2) is 7.32. The third kappa shape index (κ3) is 3.24. The Labute approximate surface area is 154 Å². The Hall–Kier alpha value is -2.62. The number of hydrogen-bond acceptors (Lipinski definition) is 4. The van der Waals surface area contributed by atoms with E-state index in [0.29, 0.717) is 11.8 Å². The van der Waals surface area contributed by atoms with Crippen molar-refractivity contribution in [3.63, 3.8) is 0 Å². The van der Waals surface area contributed by atoms with Gasteiger partial charge in [-0.05, 0) is 48.9 Å². The van der Waals surface area contributed by atoms with E-state index in [4.69, 9.17) is 14.7 Å². The third-order valence-electron chi connectivity index (χ3n) is 5.20. The lowest BCUT2D eigenvalue weighted by Crippen LogP contribution is -2.20. The Morgan fingerprint density at radius 3 is 2.35 bits per heavy atom. The molecule has 2 aromatic carbocycles. The summed E-state index contributed by atoms with van der Waals surface area (Å²) >= 11 is 0. The molecule has 0 amide bonds. The van der Waals surface area contributed by atoms with Gasteiger partial charge in [-0.25, -0.2) is 9.97 Å². The molecular weight excluding hydrogens is 322 g/mol. The van der Waals surface area contributed by atoms with E-state index in [1.165, 1.54) is 18.4 Å². The van der Waals surface area contributed by atoms with E-state index in [1.54, 1.807) is 0 Å². The average Bonchev–Trinajstić information content (AvgIpc) is 3.22. The Morgan fingerprint density at radius 2 is 1.62 bits per heavy atom. The molecule has 4 nitrogen and oxygen atoms in total. The quantitative estimate of drug-likeness (QED) is 0.608. The summed E-state index contributed by atoms with van der Waals surface area (Å²) in [6.07, 6.45) is 3.46. The number of anilines is 1. The number of ether oxygens (including phenoxy) is 1. The molecule has 134 valence electrons. The molecule has 0 spiro atoms. The normalized spacial score (nSPS) is 15.4. The van der Waals surface area contributed by atoms with Gasteiger partial charge in [0, 0.05) is 13.1 Å². The Bertz CT molecular complexity index is 903. The molecule has 1 aliphatic heterocycles. The van der Waals surface area contributed by atoms with Gasteiger partial charge in [0.05, 0.1) is 11.0 Å². The molecule has 1 saturated heterocycles. The van der Waals surface area contributed by atoms with Crippen LogP contribution in [0.5, 0.6) is 11.6 Å². The van der Waals surface area contributed by atoms with Crippen LogP contribution in [0.4, 0.5) is 5.82 Å². The van der Waals surface area contributed by atoms with E-state index in [-0.39, 0.29) is 0 Å². The Morgan fingerprint density at radius 1 is 0.962 bits per heavy atom. The summed E-state index contributed by atoms with van der Waals surface area (Å²) in [5.74, 6) is 2.79. The topological polar surface area (TPSA) is 38.3 Å². The lowest BCUT2D eigenvalue weighted by Gasteiger charge is -2.21. The summed E-state index contributed by atoms with van der Waals surface area (Å²) in [5, 5.41) is 0. The molecule has 0 unspecified atom stereocenters. The standard InChI is InChI=1S/C22H25N3O/c1-3-16(2)17-10-4-7-13-20(17)26-22-21(25-14-8-9-15-25)23-18-11-5-6-12-19(18)24-22/h4-7,10-13,16H,3,8-9,14-15H2,1-2H3/t16-/m1/s1. The van der Waals surface area contributed by atoms with Crippen LogP contribution in [0.3, 0.4) is 0 Å². The first-order chi connectivity index (χ1) is 12.8. The highest BCUT2D eigenvalue weighted by Gasteiger charge is 2.22. The largest absolute Gasteiger partial charge is 0.436 e. The summed E-state index contributed by atoms with van der Waals surface area (Å²) in [7, 11) is 0. The fraction of sp³-hybridized carbons (Fsp3) is 0.364. The molecule has 0 N–H and O–H groups in total. The molecule has 26 heavy (non-hydrogen) atoms. The molecule has 3 aromatic rings. The van der Waals surface area contributed by atoms with E-state index in [2.05, 4.69) is 30.9 Å². The molecule has 4 rings (SSSR count). The van der Waals surface area contributed by atoms with Gasteiger partial charge in [0.15, 0.2) is 5.82 Å². The monoisotopic (exact) mass is 347 g/mol. The highest BCUT2D eigenvalue weighted by atomic mass is 16.5. The average molecular weight is 347 g/mol. The van der Waals surface area contributed by atoms with Crippen LogP contribution in [0.2, 0.25) is 0 Å². The lowest BCUT2D eigenvalue weighted by molar-refractivity contribution is 0.451. The summed E-state index contributed by atoms with van der Waals surface area (Å²) in [6, 6.07) is 16.3. The minimum atomic E-state index is 0.440. The van der Waals surface area contributed by atoms with Gasteiger partial charge in [0.2, 0.25) is 0 Å². The highest BCUT2D eigenvalue weighted by Crippen LogP contribution is 2.36. The maximum absolute atomic E-state index is 6.37. The molecule has 0 bridgehead atoms. The van der Waals surface area contributed by atoms with Crippen LogP contribution in [-0.4, -0.2) is 23.1 Å². The number of para-hydroxylation sites is 3. The molecule has 1 aromatic heterocycles. The van der Waals surface area contributed by atoms with Gasteiger partial charge in [0.25, 0.3) is 5.88 Å². The summed E-state index contributed by atoms with van der Waals surface area (Å²) in [4.78, 5) is 12.0. The first-order valence-corrected chi connectivity index (χ1v) is 9.54. The smallest absolute Gasteiger partial charge is 0.263 e. The number of benzene rings is 2. The minimum absolute atomic E-state index is 0.440. The Balaban J connectivity index is 1.79. The zero-order valence-electron chi connectivity index (χ0n) is 15.5. The molecule has 1 aliphatic rings. The molecule has 0 radical (unpaired) electrons. The van der Waals surface area contributed by atoms with Gasteiger partial charge in [-0.1, -0.05) is 44.2 Å². The van der Waals surface area contributed by atoms with Crippen molar-refractivity contribution >= 4 is 16.9 Å². The summed E-state index contributed by atoms with van der Waals surface area (Å²) in [6.45, 7) is 6.45. The molecule has 2 heterocycles. The zero-order valence-corrected chi connectivity index (χ0v) is 15.5. The summed E-state index contributed by atoms with van der Waals surface area (Å²) < 4.78 is 6.37. The fourth-order valence-electron chi connectivity index (χ4n) is 3.48. The predicted octanol–water partition coefficient (Wildman–Crippen LogP) is 5.54. The van der Waals surface area contributed by atoms with Gasteiger partial charge in [-0.3, -0.25) is 0 Å². The Kier molecular flexibility index (Phi) is 4.74. The first kappa shape index (κ1) is 16.8. The van der Waals surface area contributed by atoms with Crippen molar-refractivity contribution in [1.29, 1.82) is 0 Å². The molecule has 0 aliphatic carbocycles. The zero-order chi connectivity index (χ0) is 17.9. The molecule has 1 fully saturated rings. The fourth-order valence-corrected chi connectivity index (χ4v) is 3.48. The third-order valence-corrected chi connectivity index (χ3v) is 5.20.